The molecule has 1 N–H and O–H groups in total. The number of halogens is 1. The van der Waals surface area contributed by atoms with E-state index in [0.29, 0.717) is 0 Å². The molecule has 5 nitrogen and oxygen atoms in total. The largest absolute Gasteiger partial charge is 0.492 e. The number of amides is 1. The number of carbonyl (C=O) groups excluding carboxylic acids is 1. The third-order valence-electron chi connectivity index (χ3n) is 5.04. The summed E-state index contributed by atoms with van der Waals surface area (Å²) in [5, 5.41) is 2.82. The summed E-state index contributed by atoms with van der Waals surface area (Å²) >= 11 is 3.57. The predicted molar refractivity (Wildman–Crippen MR) is 117 cm³/mol. The van der Waals surface area contributed by atoms with Gasteiger partial charge in [-0.1, -0.05) is 34.1 Å². The molecular weight excluding hydrogens is 421 g/mol. The summed E-state index contributed by atoms with van der Waals surface area (Å²) in [7, 11) is -0.557. The minimum atomic E-state index is -0.557. The number of benzene rings is 1. The Morgan fingerprint density at radius 2 is 1.79 bits per heavy atom. The molecule has 7 heteroatoms. The van der Waals surface area contributed by atoms with Crippen LogP contribution < -0.4 is 5.32 Å². The maximum atomic E-state index is 12.2. The smallest absolute Gasteiger partial charge is 0.444 e. The Labute approximate surface area is 177 Å². The summed E-state index contributed by atoms with van der Waals surface area (Å²) in [4.78, 5) is 12.2. The maximum Gasteiger partial charge on any atom is 0.492 e. The highest BCUT2D eigenvalue weighted by atomic mass is 79.9. The van der Waals surface area contributed by atoms with Crippen LogP contribution in [0.5, 0.6) is 0 Å². The minimum absolute atomic E-state index is 0.262. The first-order valence-electron chi connectivity index (χ1n) is 9.50. The molecule has 1 saturated heterocycles. The lowest BCUT2D eigenvalue weighted by Gasteiger charge is -2.32. The molecule has 0 atom stereocenters. The quantitative estimate of drug-likeness (QED) is 0.631. The predicted octanol–water partition coefficient (Wildman–Crippen LogP) is 5.30. The fourth-order valence-corrected chi connectivity index (χ4v) is 3.05. The van der Waals surface area contributed by atoms with Gasteiger partial charge in [-0.15, -0.1) is 0 Å². The molecule has 0 radical (unpaired) electrons. The highest BCUT2D eigenvalue weighted by Crippen LogP contribution is 2.39. The van der Waals surface area contributed by atoms with Gasteiger partial charge in [0.15, 0.2) is 0 Å². The Bertz CT molecular complexity index is 752. The van der Waals surface area contributed by atoms with Crippen molar-refractivity contribution in [3.63, 3.8) is 0 Å². The molecule has 1 aromatic carbocycles. The summed E-state index contributed by atoms with van der Waals surface area (Å²) in [6.45, 7) is 15.9. The molecule has 1 aliphatic heterocycles. The van der Waals surface area contributed by atoms with Crippen LogP contribution in [0.15, 0.2) is 28.1 Å². The molecule has 1 aliphatic rings. The fraction of sp³-hybridized carbons (Fsp3) is 0.571. The Hall–Kier alpha value is -1.31. The van der Waals surface area contributed by atoms with E-state index >= 15 is 0 Å². The summed E-state index contributed by atoms with van der Waals surface area (Å²) in [5.74, 6) is 0. The molecule has 28 heavy (non-hydrogen) atoms. The van der Waals surface area contributed by atoms with E-state index in [4.69, 9.17) is 14.0 Å². The number of hydrogen-bond acceptors (Lipinski definition) is 4. The third kappa shape index (κ3) is 5.61. The van der Waals surface area contributed by atoms with Crippen molar-refractivity contribution in [3.05, 3.63) is 39.3 Å². The number of nitrogens with one attached hydrogen (secondary N) is 1. The molecule has 0 unspecified atom stereocenters. The van der Waals surface area contributed by atoms with Crippen LogP contribution in [0.4, 0.5) is 4.79 Å². The number of alkyl carbamates (subject to hydrolysis) is 1. The van der Waals surface area contributed by atoms with Crippen LogP contribution in [0.2, 0.25) is 0 Å². The van der Waals surface area contributed by atoms with E-state index in [1.165, 1.54) is 0 Å². The number of ether oxygens (including phenoxy) is 1. The van der Waals surface area contributed by atoms with Crippen molar-refractivity contribution >= 4 is 35.2 Å². The van der Waals surface area contributed by atoms with Crippen molar-refractivity contribution in [1.82, 2.24) is 5.32 Å². The van der Waals surface area contributed by atoms with Crippen molar-refractivity contribution in [2.24, 2.45) is 0 Å². The maximum absolute atomic E-state index is 12.2. The van der Waals surface area contributed by atoms with Crippen molar-refractivity contribution in [2.75, 3.05) is 6.54 Å². The summed E-state index contributed by atoms with van der Waals surface area (Å²) in [5.41, 5.74) is 1.48. The van der Waals surface area contributed by atoms with Crippen molar-refractivity contribution in [1.29, 1.82) is 0 Å². The number of carbonyl (C=O) groups is 1. The lowest BCUT2D eigenvalue weighted by atomic mass is 9.76. The van der Waals surface area contributed by atoms with Crippen molar-refractivity contribution in [2.45, 2.75) is 72.2 Å². The van der Waals surface area contributed by atoms with Crippen molar-refractivity contribution in [3.8, 4) is 0 Å². The van der Waals surface area contributed by atoms with Crippen LogP contribution >= 0.6 is 15.9 Å². The Balaban J connectivity index is 2.30. The molecule has 1 amide bonds. The fourth-order valence-electron chi connectivity index (χ4n) is 2.67. The first kappa shape index (κ1) is 23.0. The van der Waals surface area contributed by atoms with Gasteiger partial charge in [0.1, 0.15) is 5.60 Å². The Morgan fingerprint density at radius 1 is 1.21 bits per heavy atom. The summed E-state index contributed by atoms with van der Waals surface area (Å²) in [6.07, 6.45) is 1.54. The second-order valence-corrected chi connectivity index (χ2v) is 9.97. The molecular formula is C21H31BBrNO4. The minimum Gasteiger partial charge on any atom is -0.444 e. The number of rotatable bonds is 4. The van der Waals surface area contributed by atoms with Gasteiger partial charge >= 0.3 is 13.2 Å². The average Bonchev–Trinajstić information content (AvgIpc) is 2.74. The van der Waals surface area contributed by atoms with Gasteiger partial charge in [-0.25, -0.2) is 4.79 Å². The second-order valence-electron chi connectivity index (χ2n) is 9.12. The van der Waals surface area contributed by atoms with E-state index in [1.54, 1.807) is 0 Å². The average molecular weight is 452 g/mol. The van der Waals surface area contributed by atoms with Gasteiger partial charge in [0.2, 0.25) is 0 Å². The molecule has 0 spiro atoms. The summed E-state index contributed by atoms with van der Waals surface area (Å²) in [6, 6.07) is 6.00. The highest BCUT2D eigenvalue weighted by molar-refractivity contribution is 9.10. The van der Waals surface area contributed by atoms with E-state index < -0.39 is 30.0 Å². The lowest BCUT2D eigenvalue weighted by Crippen LogP contribution is -2.41. The summed E-state index contributed by atoms with van der Waals surface area (Å²) < 4.78 is 18.8. The van der Waals surface area contributed by atoms with Gasteiger partial charge in [-0.05, 0) is 78.1 Å². The van der Waals surface area contributed by atoms with Crippen LogP contribution in [-0.4, -0.2) is 36.6 Å². The monoisotopic (exact) mass is 451 g/mol. The Morgan fingerprint density at radius 3 is 2.32 bits per heavy atom. The zero-order valence-corrected chi connectivity index (χ0v) is 19.7. The van der Waals surface area contributed by atoms with Crippen LogP contribution in [0.1, 0.15) is 59.6 Å². The van der Waals surface area contributed by atoms with Gasteiger partial charge < -0.3 is 19.4 Å². The lowest BCUT2D eigenvalue weighted by molar-refractivity contribution is 0.00578. The van der Waals surface area contributed by atoms with Crippen LogP contribution in [0.3, 0.4) is 0 Å². The van der Waals surface area contributed by atoms with E-state index in [9.17, 15) is 4.79 Å². The van der Waals surface area contributed by atoms with Crippen LogP contribution in [0, 0.1) is 6.92 Å². The van der Waals surface area contributed by atoms with Gasteiger partial charge in [0.05, 0.1) is 11.2 Å². The standard InChI is InChI=1S/C21H31BBrNO4/c1-14-15(10-9-11-17(14)23)12-16(13-24-18(25)26-19(2,3)4)22-27-20(5,6)21(7,8)28-22/h9-12H,13H2,1-8H3,(H,24,25). The molecule has 1 fully saturated rings. The van der Waals surface area contributed by atoms with Gasteiger partial charge in [0, 0.05) is 11.0 Å². The van der Waals surface area contributed by atoms with Gasteiger partial charge in [-0.3, -0.25) is 0 Å². The van der Waals surface area contributed by atoms with Crippen molar-refractivity contribution < 1.29 is 18.8 Å². The molecule has 1 heterocycles. The topological polar surface area (TPSA) is 56.8 Å². The van der Waals surface area contributed by atoms with E-state index in [0.717, 1.165) is 21.1 Å². The normalized spacial score (nSPS) is 18.9. The first-order chi connectivity index (χ1) is 12.7. The van der Waals surface area contributed by atoms with Crippen LogP contribution in [0.25, 0.3) is 6.08 Å². The van der Waals surface area contributed by atoms with E-state index in [-0.39, 0.29) is 6.54 Å². The molecule has 0 saturated carbocycles. The molecule has 0 bridgehead atoms. The molecule has 154 valence electrons. The van der Waals surface area contributed by atoms with E-state index in [2.05, 4.69) is 21.2 Å². The molecule has 1 aromatic rings. The number of hydrogen-bond donors (Lipinski definition) is 1. The SMILES string of the molecule is Cc1c(Br)cccc1C=C(CNC(=O)OC(C)(C)C)B1OC(C)(C)C(C)(C)O1. The zero-order valence-electron chi connectivity index (χ0n) is 18.1. The first-order valence-corrected chi connectivity index (χ1v) is 10.3. The second kappa shape index (κ2) is 8.21. The van der Waals surface area contributed by atoms with Gasteiger partial charge in [-0.2, -0.15) is 0 Å². The zero-order chi connectivity index (χ0) is 21.3. The van der Waals surface area contributed by atoms with Crippen LogP contribution in [-0.2, 0) is 14.0 Å². The van der Waals surface area contributed by atoms with E-state index in [1.807, 2.05) is 79.7 Å². The third-order valence-corrected chi connectivity index (χ3v) is 5.90. The molecule has 2 rings (SSSR count). The molecule has 0 aromatic heterocycles. The molecule has 0 aliphatic carbocycles. The van der Waals surface area contributed by atoms with Gasteiger partial charge in [0.25, 0.3) is 0 Å². The Kier molecular flexibility index (Phi) is 6.74. The highest BCUT2D eigenvalue weighted by Gasteiger charge is 2.52.